The second-order valence-electron chi connectivity index (χ2n) is 4.00. The van der Waals surface area contributed by atoms with Crippen LogP contribution in [0.15, 0.2) is 36.7 Å². The van der Waals surface area contributed by atoms with Gasteiger partial charge in [0.1, 0.15) is 11.5 Å². The van der Waals surface area contributed by atoms with Crippen LogP contribution in [0.4, 0.5) is 11.4 Å². The van der Waals surface area contributed by atoms with Gasteiger partial charge < -0.3 is 20.5 Å². The Morgan fingerprint density at radius 3 is 2.70 bits per heavy atom. The van der Waals surface area contributed by atoms with Gasteiger partial charge in [-0.25, -0.2) is 4.79 Å². The molecule has 0 fully saturated rings. The normalized spacial score (nSPS) is 9.90. The molecular formula is C14H15N3O3. The fourth-order valence-corrected chi connectivity index (χ4v) is 1.67. The fourth-order valence-electron chi connectivity index (χ4n) is 1.67. The van der Waals surface area contributed by atoms with Crippen molar-refractivity contribution < 1.29 is 14.3 Å². The van der Waals surface area contributed by atoms with Crippen LogP contribution in [0.1, 0.15) is 10.4 Å². The van der Waals surface area contributed by atoms with Gasteiger partial charge in [-0.1, -0.05) is 0 Å². The van der Waals surface area contributed by atoms with Crippen LogP contribution < -0.4 is 15.8 Å². The average molecular weight is 273 g/mol. The molecule has 0 bridgehead atoms. The van der Waals surface area contributed by atoms with Crippen LogP contribution in [0.2, 0.25) is 0 Å². The summed E-state index contributed by atoms with van der Waals surface area (Å²) in [6.45, 7) is 0. The molecule has 0 aliphatic heterocycles. The van der Waals surface area contributed by atoms with E-state index < -0.39 is 5.97 Å². The average Bonchev–Trinajstić information content (AvgIpc) is 2.47. The Bertz CT molecular complexity index is 629. The number of pyridine rings is 1. The predicted octanol–water partition coefficient (Wildman–Crippen LogP) is 2.28. The maximum absolute atomic E-state index is 11.4. The van der Waals surface area contributed by atoms with E-state index in [1.807, 2.05) is 6.07 Å². The van der Waals surface area contributed by atoms with Gasteiger partial charge in [0.2, 0.25) is 0 Å². The van der Waals surface area contributed by atoms with Gasteiger partial charge in [-0.3, -0.25) is 4.98 Å². The molecule has 1 aromatic heterocycles. The molecule has 2 aromatic rings. The Morgan fingerprint density at radius 2 is 2.05 bits per heavy atom. The molecule has 104 valence electrons. The quantitative estimate of drug-likeness (QED) is 0.656. The number of anilines is 2. The van der Waals surface area contributed by atoms with E-state index >= 15 is 0 Å². The van der Waals surface area contributed by atoms with Crippen LogP contribution in [0, 0.1) is 0 Å². The highest BCUT2D eigenvalue weighted by Gasteiger charge is 2.08. The number of nitrogens with two attached hydrogens (primary N) is 1. The van der Waals surface area contributed by atoms with E-state index in [1.165, 1.54) is 19.5 Å². The van der Waals surface area contributed by atoms with Crippen molar-refractivity contribution in [1.29, 1.82) is 0 Å². The Balaban J connectivity index is 2.21. The first-order valence-electron chi connectivity index (χ1n) is 5.92. The Labute approximate surface area is 116 Å². The van der Waals surface area contributed by atoms with Crippen LogP contribution in [-0.2, 0) is 4.74 Å². The number of esters is 1. The van der Waals surface area contributed by atoms with Crippen LogP contribution in [-0.4, -0.2) is 25.1 Å². The second kappa shape index (κ2) is 5.92. The molecule has 0 aliphatic rings. The number of hydrogen-bond acceptors (Lipinski definition) is 6. The van der Waals surface area contributed by atoms with E-state index in [4.69, 9.17) is 10.5 Å². The number of hydrogen-bond donors (Lipinski definition) is 2. The lowest BCUT2D eigenvalue weighted by molar-refractivity contribution is 0.0600. The van der Waals surface area contributed by atoms with E-state index in [2.05, 4.69) is 15.0 Å². The lowest BCUT2D eigenvalue weighted by Crippen LogP contribution is -2.02. The minimum Gasteiger partial charge on any atom is -0.465 e. The molecule has 0 atom stereocenters. The van der Waals surface area contributed by atoms with E-state index in [1.54, 1.807) is 25.2 Å². The number of carbonyl (C=O) groups excluding carboxylic acids is 1. The minimum absolute atomic E-state index is 0.324. The number of rotatable bonds is 4. The molecule has 1 heterocycles. The van der Waals surface area contributed by atoms with Gasteiger partial charge in [-0.05, 0) is 18.2 Å². The number of aromatic nitrogens is 1. The SMILES string of the molecule is CNc1ccc(Oc2cncc(C(=O)OC)c2)cc1N. The highest BCUT2D eigenvalue weighted by Crippen LogP contribution is 2.27. The predicted molar refractivity (Wildman–Crippen MR) is 76.1 cm³/mol. The van der Waals surface area contributed by atoms with Gasteiger partial charge >= 0.3 is 5.97 Å². The first kappa shape index (κ1) is 13.7. The standard InChI is InChI=1S/C14H15N3O3/c1-16-13-4-3-10(6-12(13)15)20-11-5-9(7-17-8-11)14(18)19-2/h3-8,16H,15H2,1-2H3. The lowest BCUT2D eigenvalue weighted by Gasteiger charge is -2.09. The molecule has 0 unspecified atom stereocenters. The van der Waals surface area contributed by atoms with Gasteiger partial charge in [0, 0.05) is 19.3 Å². The third-order valence-electron chi connectivity index (χ3n) is 2.66. The van der Waals surface area contributed by atoms with E-state index in [0.29, 0.717) is 22.7 Å². The molecule has 0 saturated carbocycles. The van der Waals surface area contributed by atoms with Crippen LogP contribution in [0.3, 0.4) is 0 Å². The van der Waals surface area contributed by atoms with Crippen LogP contribution >= 0.6 is 0 Å². The number of nitrogens with zero attached hydrogens (tertiary/aromatic N) is 1. The zero-order valence-corrected chi connectivity index (χ0v) is 11.2. The number of carbonyl (C=O) groups is 1. The molecule has 0 amide bonds. The molecule has 3 N–H and O–H groups in total. The van der Waals surface area contributed by atoms with Crippen molar-refractivity contribution in [2.75, 3.05) is 25.2 Å². The van der Waals surface area contributed by atoms with E-state index in [0.717, 1.165) is 5.69 Å². The number of methoxy groups -OCH3 is 1. The van der Waals surface area contributed by atoms with Gasteiger partial charge in [-0.15, -0.1) is 0 Å². The third-order valence-corrected chi connectivity index (χ3v) is 2.66. The summed E-state index contributed by atoms with van der Waals surface area (Å²) in [5.41, 5.74) is 7.57. The molecular weight excluding hydrogens is 258 g/mol. The van der Waals surface area contributed by atoms with Gasteiger partial charge in [-0.2, -0.15) is 0 Å². The Kier molecular flexibility index (Phi) is 4.05. The summed E-state index contributed by atoms with van der Waals surface area (Å²) in [6.07, 6.45) is 2.92. The first-order valence-corrected chi connectivity index (χ1v) is 5.92. The molecule has 1 aromatic carbocycles. The number of nitrogen functional groups attached to an aromatic ring is 1. The maximum Gasteiger partial charge on any atom is 0.339 e. The Hall–Kier alpha value is -2.76. The molecule has 6 heteroatoms. The summed E-state index contributed by atoms with van der Waals surface area (Å²) in [6, 6.07) is 6.83. The van der Waals surface area contributed by atoms with Crippen molar-refractivity contribution in [3.63, 3.8) is 0 Å². The topological polar surface area (TPSA) is 86.5 Å². The van der Waals surface area contributed by atoms with Gasteiger partial charge in [0.15, 0.2) is 0 Å². The molecule has 0 spiro atoms. The highest BCUT2D eigenvalue weighted by molar-refractivity contribution is 5.89. The van der Waals surface area contributed by atoms with E-state index in [9.17, 15) is 4.79 Å². The highest BCUT2D eigenvalue weighted by atomic mass is 16.5. The zero-order chi connectivity index (χ0) is 14.5. The molecule has 0 aliphatic carbocycles. The number of ether oxygens (including phenoxy) is 2. The van der Waals surface area contributed by atoms with Crippen molar-refractivity contribution >= 4 is 17.3 Å². The van der Waals surface area contributed by atoms with Crippen LogP contribution in [0.5, 0.6) is 11.5 Å². The van der Waals surface area contributed by atoms with Gasteiger partial charge in [0.25, 0.3) is 0 Å². The summed E-state index contributed by atoms with van der Waals surface area (Å²) >= 11 is 0. The van der Waals surface area contributed by atoms with Crippen LogP contribution in [0.25, 0.3) is 0 Å². The number of nitrogens with one attached hydrogen (secondary N) is 1. The summed E-state index contributed by atoms with van der Waals surface area (Å²) in [7, 11) is 3.10. The van der Waals surface area contributed by atoms with Crippen molar-refractivity contribution in [3.8, 4) is 11.5 Å². The van der Waals surface area contributed by atoms with Crippen molar-refractivity contribution in [3.05, 3.63) is 42.2 Å². The monoisotopic (exact) mass is 273 g/mol. The van der Waals surface area contributed by atoms with E-state index in [-0.39, 0.29) is 0 Å². The maximum atomic E-state index is 11.4. The van der Waals surface area contributed by atoms with Crippen molar-refractivity contribution in [2.24, 2.45) is 0 Å². The first-order chi connectivity index (χ1) is 9.63. The third kappa shape index (κ3) is 2.97. The lowest BCUT2D eigenvalue weighted by atomic mass is 10.2. The van der Waals surface area contributed by atoms with Gasteiger partial charge in [0.05, 0.1) is 30.2 Å². The molecule has 20 heavy (non-hydrogen) atoms. The summed E-state index contributed by atoms with van der Waals surface area (Å²) < 4.78 is 10.2. The molecule has 0 radical (unpaired) electrons. The summed E-state index contributed by atoms with van der Waals surface area (Å²) in [4.78, 5) is 15.3. The zero-order valence-electron chi connectivity index (χ0n) is 11.2. The minimum atomic E-state index is -0.465. The van der Waals surface area contributed by atoms with Crippen molar-refractivity contribution in [1.82, 2.24) is 4.98 Å². The summed E-state index contributed by atoms with van der Waals surface area (Å²) in [5, 5.41) is 2.96. The molecule has 2 rings (SSSR count). The largest absolute Gasteiger partial charge is 0.465 e. The Morgan fingerprint density at radius 1 is 1.25 bits per heavy atom. The fraction of sp³-hybridized carbons (Fsp3) is 0.143. The smallest absolute Gasteiger partial charge is 0.339 e. The molecule has 6 nitrogen and oxygen atoms in total. The second-order valence-corrected chi connectivity index (χ2v) is 4.00. The number of benzene rings is 1. The van der Waals surface area contributed by atoms with Crippen molar-refractivity contribution in [2.45, 2.75) is 0 Å². The summed E-state index contributed by atoms with van der Waals surface area (Å²) in [5.74, 6) is 0.530. The molecule has 0 saturated heterocycles.